The molecule has 0 atom stereocenters. The lowest BCUT2D eigenvalue weighted by molar-refractivity contribution is 0.474. The van der Waals surface area contributed by atoms with Gasteiger partial charge < -0.3 is 10.8 Å². The van der Waals surface area contributed by atoms with E-state index in [-0.39, 0.29) is 5.75 Å². The number of thiazole rings is 1. The first-order valence-corrected chi connectivity index (χ1v) is 6.79. The molecule has 2 rings (SSSR count). The van der Waals surface area contributed by atoms with Crippen LogP contribution in [0.15, 0.2) is 27.1 Å². The van der Waals surface area contributed by atoms with E-state index in [9.17, 15) is 5.11 Å². The molecular weight excluding hydrogens is 340 g/mol. The molecule has 0 spiro atoms. The maximum atomic E-state index is 9.68. The van der Waals surface area contributed by atoms with E-state index in [4.69, 9.17) is 17.3 Å². The van der Waals surface area contributed by atoms with E-state index >= 15 is 0 Å². The molecule has 0 unspecified atom stereocenters. The average Bonchev–Trinajstić information content (AvgIpc) is 2.71. The SMILES string of the molecule is Nc1csc(NN=Cc2cc(Cl)c(Br)cc2O)n1. The summed E-state index contributed by atoms with van der Waals surface area (Å²) < 4.78 is 0.625. The lowest BCUT2D eigenvalue weighted by Gasteiger charge is -2.01. The van der Waals surface area contributed by atoms with Crippen LogP contribution in [-0.2, 0) is 0 Å². The number of aromatic hydroxyl groups is 1. The number of phenolic OH excluding ortho intramolecular Hbond substituents is 1. The zero-order valence-electron chi connectivity index (χ0n) is 8.89. The topological polar surface area (TPSA) is 83.5 Å². The molecule has 8 heteroatoms. The Kier molecular flexibility index (Phi) is 4.05. The van der Waals surface area contributed by atoms with Crippen LogP contribution in [0.4, 0.5) is 10.9 Å². The molecule has 5 nitrogen and oxygen atoms in total. The highest BCUT2D eigenvalue weighted by atomic mass is 79.9. The Balaban J connectivity index is 2.11. The zero-order valence-corrected chi connectivity index (χ0v) is 12.1. The number of hydrazone groups is 1. The van der Waals surface area contributed by atoms with Crippen LogP contribution in [0.2, 0.25) is 5.02 Å². The van der Waals surface area contributed by atoms with Crippen LogP contribution >= 0.6 is 38.9 Å². The van der Waals surface area contributed by atoms with Gasteiger partial charge in [-0.15, -0.1) is 11.3 Å². The number of rotatable bonds is 3. The van der Waals surface area contributed by atoms with Crippen molar-refractivity contribution in [2.45, 2.75) is 0 Å². The smallest absolute Gasteiger partial charge is 0.205 e. The van der Waals surface area contributed by atoms with E-state index in [1.165, 1.54) is 23.6 Å². The molecular formula is C10H8BrClN4OS. The molecule has 0 aliphatic rings. The first-order valence-electron chi connectivity index (χ1n) is 4.74. The van der Waals surface area contributed by atoms with Gasteiger partial charge in [0, 0.05) is 15.4 Å². The summed E-state index contributed by atoms with van der Waals surface area (Å²) in [7, 11) is 0. The first-order chi connectivity index (χ1) is 8.56. The van der Waals surface area contributed by atoms with Crippen molar-refractivity contribution in [2.24, 2.45) is 5.10 Å². The van der Waals surface area contributed by atoms with E-state index < -0.39 is 0 Å². The second-order valence-corrected chi connectivity index (χ2v) is 5.39. The van der Waals surface area contributed by atoms with E-state index in [0.717, 1.165) is 0 Å². The van der Waals surface area contributed by atoms with Gasteiger partial charge in [0.2, 0.25) is 5.13 Å². The molecule has 0 saturated carbocycles. The van der Waals surface area contributed by atoms with Crippen LogP contribution in [0.25, 0.3) is 0 Å². The van der Waals surface area contributed by atoms with Gasteiger partial charge in [0.25, 0.3) is 0 Å². The normalized spacial score (nSPS) is 11.0. The van der Waals surface area contributed by atoms with Crippen molar-refractivity contribution >= 4 is 56.0 Å². The van der Waals surface area contributed by atoms with Gasteiger partial charge in [-0.25, -0.2) is 4.98 Å². The molecule has 0 radical (unpaired) electrons. The van der Waals surface area contributed by atoms with Gasteiger partial charge in [0.1, 0.15) is 11.6 Å². The fourth-order valence-corrected chi connectivity index (χ4v) is 2.20. The summed E-state index contributed by atoms with van der Waals surface area (Å²) in [4.78, 5) is 3.97. The fraction of sp³-hybridized carbons (Fsp3) is 0. The Morgan fingerprint density at radius 3 is 3.00 bits per heavy atom. The molecule has 1 aromatic heterocycles. The van der Waals surface area contributed by atoms with Crippen molar-refractivity contribution < 1.29 is 5.11 Å². The van der Waals surface area contributed by atoms with Crippen molar-refractivity contribution in [3.05, 3.63) is 32.6 Å². The van der Waals surface area contributed by atoms with Crippen LogP contribution < -0.4 is 11.2 Å². The number of nitrogens with zero attached hydrogens (tertiary/aromatic N) is 2. The van der Waals surface area contributed by atoms with Crippen molar-refractivity contribution in [3.8, 4) is 5.75 Å². The predicted octanol–water partition coefficient (Wildman–Crippen LogP) is 3.29. The van der Waals surface area contributed by atoms with Gasteiger partial charge in [-0.3, -0.25) is 5.43 Å². The highest BCUT2D eigenvalue weighted by molar-refractivity contribution is 9.10. The second kappa shape index (κ2) is 5.55. The lowest BCUT2D eigenvalue weighted by Crippen LogP contribution is -1.91. The van der Waals surface area contributed by atoms with E-state index in [1.807, 2.05) is 0 Å². The first kappa shape index (κ1) is 13.1. The number of nitrogens with one attached hydrogen (secondary N) is 1. The number of phenols is 1. The molecule has 2 aromatic rings. The van der Waals surface area contributed by atoms with Crippen LogP contribution in [0, 0.1) is 0 Å². The summed E-state index contributed by atoms with van der Waals surface area (Å²) in [6, 6.07) is 3.10. The number of halogens is 2. The van der Waals surface area contributed by atoms with Crippen molar-refractivity contribution in [2.75, 3.05) is 11.2 Å². The van der Waals surface area contributed by atoms with Crippen LogP contribution in [0.5, 0.6) is 5.75 Å². The largest absolute Gasteiger partial charge is 0.507 e. The van der Waals surface area contributed by atoms with E-state index in [0.29, 0.717) is 26.0 Å². The Hall–Kier alpha value is -1.31. The maximum Gasteiger partial charge on any atom is 0.205 e. The Morgan fingerprint density at radius 2 is 2.33 bits per heavy atom. The molecule has 18 heavy (non-hydrogen) atoms. The Morgan fingerprint density at radius 1 is 1.56 bits per heavy atom. The summed E-state index contributed by atoms with van der Waals surface area (Å²) >= 11 is 10.5. The molecule has 0 aliphatic heterocycles. The summed E-state index contributed by atoms with van der Waals surface area (Å²) in [6.07, 6.45) is 1.45. The highest BCUT2D eigenvalue weighted by Crippen LogP contribution is 2.29. The third kappa shape index (κ3) is 3.12. The van der Waals surface area contributed by atoms with Gasteiger partial charge in [0.15, 0.2) is 0 Å². The number of aromatic nitrogens is 1. The number of anilines is 2. The fourth-order valence-electron chi connectivity index (χ4n) is 1.15. The van der Waals surface area contributed by atoms with E-state index in [2.05, 4.69) is 31.4 Å². The van der Waals surface area contributed by atoms with Crippen LogP contribution in [-0.4, -0.2) is 16.3 Å². The predicted molar refractivity (Wildman–Crippen MR) is 78.6 cm³/mol. The van der Waals surface area contributed by atoms with Crippen LogP contribution in [0.3, 0.4) is 0 Å². The van der Waals surface area contributed by atoms with Crippen molar-refractivity contribution in [1.82, 2.24) is 4.98 Å². The molecule has 0 aliphatic carbocycles. The third-order valence-electron chi connectivity index (χ3n) is 1.96. The summed E-state index contributed by atoms with van der Waals surface area (Å²) in [5, 5.41) is 16.4. The van der Waals surface area contributed by atoms with E-state index in [1.54, 1.807) is 11.4 Å². The minimum absolute atomic E-state index is 0.0791. The minimum atomic E-state index is 0.0791. The highest BCUT2D eigenvalue weighted by Gasteiger charge is 2.04. The molecule has 1 aromatic carbocycles. The summed E-state index contributed by atoms with van der Waals surface area (Å²) in [5.74, 6) is 0.516. The number of hydrogen-bond donors (Lipinski definition) is 3. The summed E-state index contributed by atoms with van der Waals surface area (Å²) in [5.41, 5.74) is 8.67. The number of nitrogen functional groups attached to an aromatic ring is 1. The van der Waals surface area contributed by atoms with Gasteiger partial charge in [-0.2, -0.15) is 5.10 Å². The molecule has 0 fully saturated rings. The molecule has 4 N–H and O–H groups in total. The van der Waals surface area contributed by atoms with Crippen LogP contribution in [0.1, 0.15) is 5.56 Å². The van der Waals surface area contributed by atoms with Gasteiger partial charge in [-0.05, 0) is 28.1 Å². The zero-order chi connectivity index (χ0) is 13.1. The Bertz CT molecular complexity index is 602. The minimum Gasteiger partial charge on any atom is -0.507 e. The molecule has 94 valence electrons. The third-order valence-corrected chi connectivity index (χ3v) is 3.92. The van der Waals surface area contributed by atoms with Crippen molar-refractivity contribution in [3.63, 3.8) is 0 Å². The lowest BCUT2D eigenvalue weighted by atomic mass is 10.2. The molecule has 0 amide bonds. The number of nitrogens with two attached hydrogens (primary N) is 1. The quantitative estimate of drug-likeness (QED) is 0.587. The summed E-state index contributed by atoms with van der Waals surface area (Å²) in [6.45, 7) is 0. The second-order valence-electron chi connectivity index (χ2n) is 3.27. The average molecular weight is 348 g/mol. The number of benzene rings is 1. The van der Waals surface area contributed by atoms with Gasteiger partial charge in [-0.1, -0.05) is 11.6 Å². The molecule has 1 heterocycles. The maximum absolute atomic E-state index is 9.68. The molecule has 0 saturated heterocycles. The monoisotopic (exact) mass is 346 g/mol. The Labute approximate surface area is 120 Å². The standard InChI is InChI=1S/C10H8BrClN4OS/c11-6-2-8(17)5(1-7(6)12)3-14-16-10-15-9(13)4-18-10/h1-4,17H,13H2,(H,15,16). The van der Waals surface area contributed by atoms with Gasteiger partial charge in [0.05, 0.1) is 11.2 Å². The van der Waals surface area contributed by atoms with Crippen molar-refractivity contribution in [1.29, 1.82) is 0 Å². The van der Waals surface area contributed by atoms with Gasteiger partial charge >= 0.3 is 0 Å². The number of hydrogen-bond acceptors (Lipinski definition) is 6. The molecule has 0 bridgehead atoms.